The monoisotopic (exact) mass is 811 g/mol. The molecule has 6 nitrogen and oxygen atoms in total. The van der Waals surface area contributed by atoms with E-state index in [2.05, 4.69) is 108 Å². The van der Waals surface area contributed by atoms with Crippen LogP contribution in [0.2, 0.25) is 0 Å². The summed E-state index contributed by atoms with van der Waals surface area (Å²) in [5.41, 5.74) is 4.44. The summed E-state index contributed by atoms with van der Waals surface area (Å²) >= 11 is 0. The highest BCUT2D eigenvalue weighted by Crippen LogP contribution is 2.77. The number of fused-ring (bicyclic) bond motifs is 7. The van der Waals surface area contributed by atoms with Crippen LogP contribution in [0.25, 0.3) is 5.57 Å². The van der Waals surface area contributed by atoms with Crippen LogP contribution in [-0.2, 0) is 9.84 Å². The molecule has 0 radical (unpaired) electrons. The molecule has 1 heterocycles. The average Bonchev–Trinajstić information content (AvgIpc) is 3.64. The third-order valence-corrected chi connectivity index (χ3v) is 17.9. The second-order valence-corrected chi connectivity index (χ2v) is 21.2. The fraction of sp³-hybridized carbons (Fsp3) is 0.627. The number of carboxylic acid groups (broad SMARTS) is 1. The Kier molecular flexibility index (Phi) is 17.0. The van der Waals surface area contributed by atoms with Crippen LogP contribution >= 0.6 is 0 Å². The number of aromatic carboxylic acids is 1. The molecule has 7 heteroatoms. The Bertz CT molecular complexity index is 1760. The minimum absolute atomic E-state index is 0.0402. The van der Waals surface area contributed by atoms with Crippen molar-refractivity contribution in [2.24, 2.45) is 50.7 Å². The molecule has 1 aliphatic heterocycles. The van der Waals surface area contributed by atoms with E-state index >= 15 is 0 Å². The molecule has 2 N–H and O–H groups in total. The van der Waals surface area contributed by atoms with E-state index in [0.717, 1.165) is 43.8 Å². The van der Waals surface area contributed by atoms with Gasteiger partial charge in [-0.25, -0.2) is 13.2 Å². The highest BCUT2D eigenvalue weighted by atomic mass is 32.2. The average molecular weight is 811 g/mol. The normalized spacial score (nSPS) is 35.2. The van der Waals surface area contributed by atoms with E-state index in [1.165, 1.54) is 68.9 Å². The third-order valence-electron chi connectivity index (χ3n) is 16.3. The molecule has 0 aromatic heterocycles. The standard InChI is InChI=1S/C42H62N2O4S.C3H6.3C2H2/c1-38(2)32(30-10-12-31(13-11-30)37(45)46)16-19-39(3)35(38)17-20-41(5)36(39)15-14-33-34-9-8-18-42(34,22-21-40(33,41)4)29-43-23-6-7-24-44-25-27-49(47,48)28-26-44;1-3-2;3*1-2/h6-7,10-13,16,33-36,43H,8-9,14-15,17-29H2,1-5H3,(H,45,46);3H,1H2,2H3;3*1-2H/b7-6+;;;;/t33-,34?,35?,36?,39+,40-,41-,42-;;;;/m1..../s1. The van der Waals surface area contributed by atoms with Crippen molar-refractivity contribution in [3.05, 3.63) is 66.3 Å². The van der Waals surface area contributed by atoms with Crippen molar-refractivity contribution in [3.8, 4) is 38.5 Å². The number of rotatable bonds is 8. The maximum atomic E-state index is 11.7. The number of terminal acetylenes is 3. The third kappa shape index (κ3) is 9.26. The first-order chi connectivity index (χ1) is 27.6. The number of allylic oxidation sites excluding steroid dienone is 3. The Balaban J connectivity index is 0.000000930. The molecule has 6 aliphatic rings. The van der Waals surface area contributed by atoms with Gasteiger partial charge in [-0.2, -0.15) is 0 Å². The lowest BCUT2D eigenvalue weighted by molar-refractivity contribution is -0.222. The van der Waals surface area contributed by atoms with Gasteiger partial charge >= 0.3 is 5.97 Å². The largest absolute Gasteiger partial charge is 0.478 e. The van der Waals surface area contributed by atoms with E-state index < -0.39 is 15.8 Å². The Hall–Kier alpha value is -3.54. The van der Waals surface area contributed by atoms with Crippen LogP contribution in [0, 0.1) is 89.3 Å². The SMILES string of the molecule is C#C.C#C.C#C.C=CC.CC1(C)C(c2ccc(C(=O)O)cc2)=CC[C@@]2(C)C1CC[C@]1(C)C2CC[C@@H]2C3CCC[C@]3(CNC/C=C/CN3CCS(=O)(=O)CC3)CC[C@]21C. The van der Waals surface area contributed by atoms with E-state index in [-0.39, 0.29) is 10.8 Å². The van der Waals surface area contributed by atoms with Crippen molar-refractivity contribution in [1.82, 2.24) is 10.2 Å². The van der Waals surface area contributed by atoms with Crippen LogP contribution in [-0.4, -0.2) is 68.6 Å². The van der Waals surface area contributed by atoms with Gasteiger partial charge in [0.15, 0.2) is 9.84 Å². The summed E-state index contributed by atoms with van der Waals surface area (Å²) in [6.45, 7) is 22.5. The van der Waals surface area contributed by atoms with Crippen molar-refractivity contribution < 1.29 is 18.3 Å². The zero-order chi connectivity index (χ0) is 43.6. The van der Waals surface area contributed by atoms with Gasteiger partial charge in [0.25, 0.3) is 0 Å². The summed E-state index contributed by atoms with van der Waals surface area (Å²) in [7, 11) is -2.82. The molecule has 4 saturated carbocycles. The van der Waals surface area contributed by atoms with Gasteiger partial charge in [0.2, 0.25) is 0 Å². The van der Waals surface area contributed by atoms with E-state index in [1.807, 2.05) is 19.1 Å². The molecule has 7 rings (SSSR count). The number of carbonyl (C=O) groups is 1. The summed E-state index contributed by atoms with van der Waals surface area (Å²) in [6.07, 6.45) is 46.1. The second kappa shape index (κ2) is 20.1. The minimum atomic E-state index is -2.82. The van der Waals surface area contributed by atoms with Crippen LogP contribution in [0.3, 0.4) is 0 Å². The molecule has 0 bridgehead atoms. The van der Waals surface area contributed by atoms with Crippen molar-refractivity contribution >= 4 is 21.4 Å². The molecular weight excluding hydrogens is 737 g/mol. The number of hydrogen-bond donors (Lipinski definition) is 2. The van der Waals surface area contributed by atoms with Gasteiger partial charge in [-0.05, 0) is 139 Å². The summed E-state index contributed by atoms with van der Waals surface area (Å²) in [4.78, 5) is 13.8. The Morgan fingerprint density at radius 3 is 2.07 bits per heavy atom. The maximum Gasteiger partial charge on any atom is 0.335 e. The van der Waals surface area contributed by atoms with Gasteiger partial charge in [0.05, 0.1) is 17.1 Å². The number of carboxylic acids is 1. The highest BCUT2D eigenvalue weighted by Gasteiger charge is 2.69. The molecule has 318 valence electrons. The number of nitrogens with one attached hydrogen (secondary N) is 1. The highest BCUT2D eigenvalue weighted by molar-refractivity contribution is 7.91. The fourth-order valence-electron chi connectivity index (χ4n) is 13.5. The zero-order valence-corrected chi connectivity index (χ0v) is 37.5. The van der Waals surface area contributed by atoms with Crippen LogP contribution < -0.4 is 5.32 Å². The van der Waals surface area contributed by atoms with Gasteiger partial charge in [-0.15, -0.1) is 45.1 Å². The van der Waals surface area contributed by atoms with Gasteiger partial charge in [0, 0.05) is 32.7 Å². The molecule has 0 spiro atoms. The van der Waals surface area contributed by atoms with Gasteiger partial charge in [-0.3, -0.25) is 4.90 Å². The predicted molar refractivity (Wildman–Crippen MR) is 245 cm³/mol. The number of benzene rings is 1. The second-order valence-electron chi connectivity index (χ2n) is 18.9. The molecular formula is C51H74N2O4S. The number of hydrogen-bond acceptors (Lipinski definition) is 5. The molecule has 1 saturated heterocycles. The van der Waals surface area contributed by atoms with Crippen molar-refractivity contribution in [1.29, 1.82) is 0 Å². The first kappa shape index (κ1) is 48.8. The van der Waals surface area contributed by atoms with Gasteiger partial charge in [0.1, 0.15) is 0 Å². The molecule has 1 aromatic rings. The maximum absolute atomic E-state index is 11.7. The van der Waals surface area contributed by atoms with Crippen molar-refractivity contribution in [3.63, 3.8) is 0 Å². The first-order valence-electron chi connectivity index (χ1n) is 21.5. The zero-order valence-electron chi connectivity index (χ0n) is 36.6. The van der Waals surface area contributed by atoms with E-state index in [1.54, 1.807) is 18.2 Å². The van der Waals surface area contributed by atoms with Crippen molar-refractivity contribution in [2.45, 2.75) is 106 Å². The summed E-state index contributed by atoms with van der Waals surface area (Å²) < 4.78 is 23.5. The predicted octanol–water partition coefficient (Wildman–Crippen LogP) is 10.1. The smallest absolute Gasteiger partial charge is 0.335 e. The molecule has 5 aliphatic carbocycles. The van der Waals surface area contributed by atoms with Crippen molar-refractivity contribution in [2.75, 3.05) is 44.2 Å². The molecule has 0 amide bonds. The fourth-order valence-corrected chi connectivity index (χ4v) is 14.8. The number of sulfone groups is 1. The van der Waals surface area contributed by atoms with E-state index in [9.17, 15) is 18.3 Å². The first-order valence-corrected chi connectivity index (χ1v) is 23.3. The number of nitrogens with zero attached hydrogens (tertiary/aromatic N) is 1. The van der Waals surface area contributed by atoms with Crippen LogP contribution in [0.15, 0.2) is 55.1 Å². The Morgan fingerprint density at radius 1 is 0.845 bits per heavy atom. The molecule has 8 atom stereocenters. The van der Waals surface area contributed by atoms with Crippen LogP contribution in [0.1, 0.15) is 122 Å². The van der Waals surface area contributed by atoms with E-state index in [0.29, 0.717) is 52.3 Å². The van der Waals surface area contributed by atoms with Gasteiger partial charge < -0.3 is 10.4 Å². The quantitative estimate of drug-likeness (QED) is 0.155. The van der Waals surface area contributed by atoms with E-state index in [4.69, 9.17) is 0 Å². The molecule has 5 fully saturated rings. The lowest BCUT2D eigenvalue weighted by Gasteiger charge is -2.72. The summed E-state index contributed by atoms with van der Waals surface area (Å²) in [5, 5.41) is 13.3. The minimum Gasteiger partial charge on any atom is -0.478 e. The van der Waals surface area contributed by atoms with Crippen LogP contribution in [0.4, 0.5) is 0 Å². The Morgan fingerprint density at radius 2 is 1.47 bits per heavy atom. The molecule has 58 heavy (non-hydrogen) atoms. The topological polar surface area (TPSA) is 86.7 Å². The Labute approximate surface area is 354 Å². The van der Waals surface area contributed by atoms with Crippen LogP contribution in [0.5, 0.6) is 0 Å². The lowest BCUT2D eigenvalue weighted by atomic mass is 9.32. The van der Waals surface area contributed by atoms with Gasteiger partial charge in [-0.1, -0.05) is 77.5 Å². The summed E-state index contributed by atoms with van der Waals surface area (Å²) in [5.74, 6) is 2.71. The molecule has 3 unspecified atom stereocenters. The lowest BCUT2D eigenvalue weighted by Crippen LogP contribution is -2.65. The summed E-state index contributed by atoms with van der Waals surface area (Å²) in [6, 6.07) is 7.61. The molecule has 1 aromatic carbocycles.